The Morgan fingerprint density at radius 3 is 2.64 bits per heavy atom. The van der Waals surface area contributed by atoms with Crippen molar-refractivity contribution in [3.05, 3.63) is 23.8 Å². The first-order valence-electron chi connectivity index (χ1n) is 5.06. The Morgan fingerprint density at radius 1 is 1.29 bits per heavy atom. The molecule has 1 heterocycles. The zero-order chi connectivity index (χ0) is 10.4. The summed E-state index contributed by atoms with van der Waals surface area (Å²) in [7, 11) is 0. The number of hydrogen-bond donors (Lipinski definition) is 0. The fourth-order valence-corrected chi connectivity index (χ4v) is 1.20. The lowest BCUT2D eigenvalue weighted by atomic mass is 10.1. The first kappa shape index (κ1) is 10.8. The van der Waals surface area contributed by atoms with Crippen LogP contribution >= 0.6 is 0 Å². The number of hydrogen-bond acceptors (Lipinski definition) is 3. The zero-order valence-electron chi connectivity index (χ0n) is 8.79. The molecule has 0 saturated heterocycles. The molecule has 0 fully saturated rings. The van der Waals surface area contributed by atoms with Crippen molar-refractivity contribution in [1.82, 2.24) is 9.97 Å². The fourth-order valence-electron chi connectivity index (χ4n) is 1.20. The van der Waals surface area contributed by atoms with Gasteiger partial charge >= 0.3 is 0 Å². The van der Waals surface area contributed by atoms with Gasteiger partial charge in [0, 0.05) is 12.6 Å². The number of rotatable bonds is 5. The van der Waals surface area contributed by atoms with Gasteiger partial charge in [-0.05, 0) is 13.3 Å². The van der Waals surface area contributed by atoms with E-state index in [4.69, 9.17) is 0 Å². The Bertz CT molecular complexity index is 293. The highest BCUT2D eigenvalue weighted by Gasteiger charge is 2.06. The van der Waals surface area contributed by atoms with E-state index in [1.54, 1.807) is 12.4 Å². The van der Waals surface area contributed by atoms with Crippen LogP contribution in [0.15, 0.2) is 12.4 Å². The van der Waals surface area contributed by atoms with E-state index < -0.39 is 0 Å². The molecule has 0 radical (unpaired) electrons. The predicted molar refractivity (Wildman–Crippen MR) is 55.2 cm³/mol. The maximum Gasteiger partial charge on any atom is 0.182 e. The van der Waals surface area contributed by atoms with E-state index in [9.17, 15) is 4.79 Å². The van der Waals surface area contributed by atoms with Crippen molar-refractivity contribution in [2.45, 2.75) is 39.5 Å². The lowest BCUT2D eigenvalue weighted by Crippen LogP contribution is -2.03. The molecule has 3 heteroatoms. The third-order valence-corrected chi connectivity index (χ3v) is 2.07. The SMILES string of the molecule is CCCCCC(=O)c1cnc(C)cn1. The summed E-state index contributed by atoms with van der Waals surface area (Å²) in [6, 6.07) is 0. The predicted octanol–water partition coefficient (Wildman–Crippen LogP) is 2.55. The number of unbranched alkanes of at least 4 members (excludes halogenated alkanes) is 2. The van der Waals surface area contributed by atoms with Crippen molar-refractivity contribution >= 4 is 5.78 Å². The average Bonchev–Trinajstić information content (AvgIpc) is 2.19. The molecule has 0 aliphatic carbocycles. The second-order valence-electron chi connectivity index (χ2n) is 3.42. The van der Waals surface area contributed by atoms with E-state index in [2.05, 4.69) is 16.9 Å². The van der Waals surface area contributed by atoms with Crippen LogP contribution in [0.1, 0.15) is 48.8 Å². The van der Waals surface area contributed by atoms with E-state index in [1.165, 1.54) is 0 Å². The van der Waals surface area contributed by atoms with Crippen molar-refractivity contribution in [2.75, 3.05) is 0 Å². The molecule has 0 aliphatic heterocycles. The van der Waals surface area contributed by atoms with Gasteiger partial charge < -0.3 is 0 Å². The molecule has 0 aliphatic rings. The molecule has 0 bridgehead atoms. The zero-order valence-corrected chi connectivity index (χ0v) is 8.79. The van der Waals surface area contributed by atoms with E-state index in [0.29, 0.717) is 12.1 Å². The fraction of sp³-hybridized carbons (Fsp3) is 0.545. The third kappa shape index (κ3) is 3.24. The van der Waals surface area contributed by atoms with E-state index in [-0.39, 0.29) is 5.78 Å². The Kier molecular flexibility index (Phi) is 4.23. The van der Waals surface area contributed by atoms with Crippen LogP contribution < -0.4 is 0 Å². The van der Waals surface area contributed by atoms with Crippen LogP contribution in [0.2, 0.25) is 0 Å². The topological polar surface area (TPSA) is 42.9 Å². The standard InChI is InChI=1S/C11H16N2O/c1-3-4-5-6-11(14)10-8-12-9(2)7-13-10/h7-8H,3-6H2,1-2H3. The summed E-state index contributed by atoms with van der Waals surface area (Å²) in [6.07, 6.45) is 6.96. The van der Waals surface area contributed by atoms with Gasteiger partial charge in [0.25, 0.3) is 0 Å². The van der Waals surface area contributed by atoms with Crippen LogP contribution in [0.4, 0.5) is 0 Å². The number of Topliss-reactive ketones (excluding diaryl/α,β-unsaturated/α-hetero) is 1. The highest BCUT2D eigenvalue weighted by molar-refractivity contribution is 5.93. The second kappa shape index (κ2) is 5.47. The molecule has 0 saturated carbocycles. The lowest BCUT2D eigenvalue weighted by Gasteiger charge is -1.99. The Labute approximate surface area is 84.6 Å². The number of aryl methyl sites for hydroxylation is 1. The van der Waals surface area contributed by atoms with Gasteiger partial charge in [-0.2, -0.15) is 0 Å². The first-order chi connectivity index (χ1) is 6.74. The normalized spacial score (nSPS) is 10.1. The molecule has 0 atom stereocenters. The summed E-state index contributed by atoms with van der Waals surface area (Å²) in [6.45, 7) is 3.98. The summed E-state index contributed by atoms with van der Waals surface area (Å²) in [5.41, 5.74) is 1.34. The first-order valence-corrected chi connectivity index (χ1v) is 5.06. The van der Waals surface area contributed by atoms with E-state index in [1.807, 2.05) is 6.92 Å². The lowest BCUT2D eigenvalue weighted by molar-refractivity contribution is 0.0974. The third-order valence-electron chi connectivity index (χ3n) is 2.07. The minimum Gasteiger partial charge on any atom is -0.292 e. The van der Waals surface area contributed by atoms with Crippen molar-refractivity contribution in [1.29, 1.82) is 0 Å². The highest BCUT2D eigenvalue weighted by atomic mass is 16.1. The quantitative estimate of drug-likeness (QED) is 0.532. The minimum absolute atomic E-state index is 0.103. The van der Waals surface area contributed by atoms with Crippen molar-refractivity contribution in [2.24, 2.45) is 0 Å². The monoisotopic (exact) mass is 192 g/mol. The molecule has 76 valence electrons. The molecule has 1 aromatic rings. The summed E-state index contributed by atoms with van der Waals surface area (Å²) in [5.74, 6) is 0.103. The maximum atomic E-state index is 11.5. The number of nitrogens with zero attached hydrogens (tertiary/aromatic N) is 2. The van der Waals surface area contributed by atoms with Gasteiger partial charge in [0.05, 0.1) is 11.9 Å². The van der Waals surface area contributed by atoms with Crippen molar-refractivity contribution in [3.8, 4) is 0 Å². The average molecular weight is 192 g/mol. The molecular formula is C11H16N2O. The highest BCUT2D eigenvalue weighted by Crippen LogP contribution is 2.05. The molecule has 1 rings (SSSR count). The number of aromatic nitrogens is 2. The van der Waals surface area contributed by atoms with Gasteiger partial charge in [-0.1, -0.05) is 19.8 Å². The Morgan fingerprint density at radius 2 is 2.07 bits per heavy atom. The molecule has 0 unspecified atom stereocenters. The van der Waals surface area contributed by atoms with Gasteiger partial charge in [-0.15, -0.1) is 0 Å². The van der Waals surface area contributed by atoms with Gasteiger partial charge in [0.15, 0.2) is 5.78 Å². The van der Waals surface area contributed by atoms with Crippen LogP contribution in [0.3, 0.4) is 0 Å². The molecule has 0 aromatic carbocycles. The van der Waals surface area contributed by atoms with Crippen molar-refractivity contribution in [3.63, 3.8) is 0 Å². The van der Waals surface area contributed by atoms with Gasteiger partial charge in [-0.3, -0.25) is 9.78 Å². The van der Waals surface area contributed by atoms with Crippen LogP contribution in [-0.4, -0.2) is 15.8 Å². The molecular weight excluding hydrogens is 176 g/mol. The molecule has 3 nitrogen and oxygen atoms in total. The maximum absolute atomic E-state index is 11.5. The second-order valence-corrected chi connectivity index (χ2v) is 3.42. The Balaban J connectivity index is 2.48. The summed E-state index contributed by atoms with van der Waals surface area (Å²) < 4.78 is 0. The largest absolute Gasteiger partial charge is 0.292 e. The van der Waals surface area contributed by atoms with Crippen LogP contribution in [0, 0.1) is 6.92 Å². The number of carbonyl (C=O) groups excluding carboxylic acids is 1. The van der Waals surface area contributed by atoms with Crippen LogP contribution in [-0.2, 0) is 0 Å². The summed E-state index contributed by atoms with van der Waals surface area (Å²) in [5, 5.41) is 0. The van der Waals surface area contributed by atoms with E-state index in [0.717, 1.165) is 25.0 Å². The van der Waals surface area contributed by atoms with Gasteiger partial charge in [0.2, 0.25) is 0 Å². The number of ketones is 1. The molecule has 0 N–H and O–H groups in total. The summed E-state index contributed by atoms with van der Waals surface area (Å²) in [4.78, 5) is 19.6. The van der Waals surface area contributed by atoms with Crippen molar-refractivity contribution < 1.29 is 4.79 Å². The summed E-state index contributed by atoms with van der Waals surface area (Å²) >= 11 is 0. The molecule has 14 heavy (non-hydrogen) atoms. The molecule has 0 amide bonds. The van der Waals surface area contributed by atoms with Gasteiger partial charge in [0.1, 0.15) is 5.69 Å². The smallest absolute Gasteiger partial charge is 0.182 e. The Hall–Kier alpha value is -1.25. The van der Waals surface area contributed by atoms with E-state index >= 15 is 0 Å². The number of carbonyl (C=O) groups is 1. The van der Waals surface area contributed by atoms with Crippen LogP contribution in [0.5, 0.6) is 0 Å². The minimum atomic E-state index is 0.103. The van der Waals surface area contributed by atoms with Gasteiger partial charge in [-0.25, -0.2) is 4.98 Å². The molecule has 0 spiro atoms. The molecule has 1 aromatic heterocycles. The van der Waals surface area contributed by atoms with Crippen LogP contribution in [0.25, 0.3) is 0 Å².